The topological polar surface area (TPSA) is 20.2 Å². The molecule has 1 saturated carbocycles. The van der Waals surface area contributed by atoms with Crippen LogP contribution in [0.3, 0.4) is 0 Å². The average Bonchev–Trinajstić information content (AvgIpc) is 2.14. The third-order valence-corrected chi connectivity index (χ3v) is 6.32. The van der Waals surface area contributed by atoms with Crippen LogP contribution in [0.1, 0.15) is 46.5 Å². The number of hydrogen-bond donors (Lipinski definition) is 1. The molecule has 0 saturated heterocycles. The van der Waals surface area contributed by atoms with Crippen LogP contribution in [0.15, 0.2) is 0 Å². The molecule has 0 radical (unpaired) electrons. The highest BCUT2D eigenvalue weighted by atomic mass is 28.3. The van der Waals surface area contributed by atoms with Crippen LogP contribution in [0.4, 0.5) is 0 Å². The van der Waals surface area contributed by atoms with Gasteiger partial charge in [0.05, 0.1) is 0 Å². The van der Waals surface area contributed by atoms with Crippen molar-refractivity contribution in [3.05, 3.63) is 0 Å². The molecule has 0 aromatic rings. The Kier molecular flexibility index (Phi) is 4.52. The largest absolute Gasteiger partial charge is 0.396 e. The molecule has 0 heterocycles. The molecule has 0 aromatic carbocycles. The van der Waals surface area contributed by atoms with Gasteiger partial charge in [-0.1, -0.05) is 40.4 Å². The molecule has 0 amide bonds. The quantitative estimate of drug-likeness (QED) is 0.735. The molecule has 0 spiro atoms. The minimum absolute atomic E-state index is 0.270. The second kappa shape index (κ2) is 5.04. The van der Waals surface area contributed by atoms with Gasteiger partial charge in [-0.2, -0.15) is 0 Å². The monoisotopic (exact) mass is 256 g/mol. The SMILES string of the molecule is CC(C)(C)C1CCC(CO)(C[Si](C)(C)C)CC1. The lowest BCUT2D eigenvalue weighted by molar-refractivity contribution is 0.0495. The Morgan fingerprint density at radius 1 is 1.12 bits per heavy atom. The van der Waals surface area contributed by atoms with Crippen LogP contribution in [-0.2, 0) is 0 Å². The summed E-state index contributed by atoms with van der Waals surface area (Å²) in [5.74, 6) is 0.851. The Morgan fingerprint density at radius 2 is 1.59 bits per heavy atom. The van der Waals surface area contributed by atoms with E-state index in [4.69, 9.17) is 0 Å². The van der Waals surface area contributed by atoms with E-state index in [0.717, 1.165) is 5.92 Å². The molecule has 2 heteroatoms. The van der Waals surface area contributed by atoms with Crippen molar-refractivity contribution in [2.45, 2.75) is 72.1 Å². The Balaban J connectivity index is 2.64. The fourth-order valence-corrected chi connectivity index (χ4v) is 6.33. The maximum atomic E-state index is 9.82. The highest BCUT2D eigenvalue weighted by Gasteiger charge is 2.40. The Morgan fingerprint density at radius 3 is 1.88 bits per heavy atom. The van der Waals surface area contributed by atoms with Gasteiger partial charge in [0, 0.05) is 14.7 Å². The van der Waals surface area contributed by atoms with Crippen LogP contribution in [0.2, 0.25) is 25.7 Å². The predicted octanol–water partition coefficient (Wildman–Crippen LogP) is 4.54. The van der Waals surface area contributed by atoms with E-state index in [1.165, 1.54) is 31.7 Å². The van der Waals surface area contributed by atoms with Crippen molar-refractivity contribution in [1.29, 1.82) is 0 Å². The van der Waals surface area contributed by atoms with Gasteiger partial charge in [0.25, 0.3) is 0 Å². The molecule has 1 fully saturated rings. The molecule has 0 atom stereocenters. The van der Waals surface area contributed by atoms with Gasteiger partial charge in [0.2, 0.25) is 0 Å². The van der Waals surface area contributed by atoms with E-state index in [0.29, 0.717) is 12.0 Å². The van der Waals surface area contributed by atoms with E-state index < -0.39 is 8.07 Å². The molecule has 102 valence electrons. The van der Waals surface area contributed by atoms with E-state index in [9.17, 15) is 5.11 Å². The number of aliphatic hydroxyl groups excluding tert-OH is 1. The molecule has 0 bridgehead atoms. The molecule has 1 aliphatic carbocycles. The summed E-state index contributed by atoms with van der Waals surface area (Å²) in [6, 6.07) is 1.30. The fourth-order valence-electron chi connectivity index (χ4n) is 3.61. The first-order chi connectivity index (χ1) is 7.58. The summed E-state index contributed by atoms with van der Waals surface area (Å²) in [4.78, 5) is 0. The first-order valence-corrected chi connectivity index (χ1v) is 10.9. The summed E-state index contributed by atoms with van der Waals surface area (Å²) in [6.07, 6.45) is 5.12. The highest BCUT2D eigenvalue weighted by Crippen LogP contribution is 2.48. The summed E-state index contributed by atoms with van der Waals surface area (Å²) >= 11 is 0. The molecular formula is C15H32OSi. The predicted molar refractivity (Wildman–Crippen MR) is 79.1 cm³/mol. The highest BCUT2D eigenvalue weighted by molar-refractivity contribution is 6.76. The third-order valence-electron chi connectivity index (χ3n) is 4.51. The van der Waals surface area contributed by atoms with Gasteiger partial charge in [-0.3, -0.25) is 0 Å². The number of aliphatic hydroxyl groups is 1. The smallest absolute Gasteiger partial charge is 0.0484 e. The molecule has 1 aliphatic rings. The lowest BCUT2D eigenvalue weighted by atomic mass is 9.65. The molecule has 0 unspecified atom stereocenters. The summed E-state index contributed by atoms with van der Waals surface area (Å²) in [6.45, 7) is 14.8. The van der Waals surface area contributed by atoms with Gasteiger partial charge in [-0.25, -0.2) is 0 Å². The molecular weight excluding hydrogens is 224 g/mol. The van der Waals surface area contributed by atoms with E-state index >= 15 is 0 Å². The summed E-state index contributed by atoms with van der Waals surface area (Å²) < 4.78 is 0. The van der Waals surface area contributed by atoms with E-state index in [1.807, 2.05) is 0 Å². The standard InChI is InChI=1S/C15H32OSi/c1-14(2,3)13-7-9-15(11-16,10-8-13)12-17(4,5)6/h13,16H,7-12H2,1-6H3. The number of hydrogen-bond acceptors (Lipinski definition) is 1. The second-order valence-corrected chi connectivity index (χ2v) is 14.0. The van der Waals surface area contributed by atoms with E-state index in [2.05, 4.69) is 40.4 Å². The van der Waals surface area contributed by atoms with E-state index in [1.54, 1.807) is 0 Å². The molecule has 1 nitrogen and oxygen atoms in total. The maximum Gasteiger partial charge on any atom is 0.0484 e. The van der Waals surface area contributed by atoms with Crippen LogP contribution >= 0.6 is 0 Å². The molecule has 1 rings (SSSR count). The second-order valence-electron chi connectivity index (χ2n) is 8.54. The van der Waals surface area contributed by atoms with Crippen molar-refractivity contribution in [2.75, 3.05) is 6.61 Å². The van der Waals surface area contributed by atoms with Crippen molar-refractivity contribution < 1.29 is 5.11 Å². The minimum Gasteiger partial charge on any atom is -0.396 e. The van der Waals surface area contributed by atoms with Gasteiger partial charge >= 0.3 is 0 Å². The zero-order valence-corrected chi connectivity index (χ0v) is 13.8. The average molecular weight is 257 g/mol. The van der Waals surface area contributed by atoms with Gasteiger partial charge in [0.1, 0.15) is 0 Å². The first kappa shape index (κ1) is 15.2. The Bertz CT molecular complexity index is 239. The summed E-state index contributed by atoms with van der Waals surface area (Å²) in [5.41, 5.74) is 0.715. The maximum absolute atomic E-state index is 9.82. The summed E-state index contributed by atoms with van der Waals surface area (Å²) in [7, 11) is -1.07. The zero-order valence-electron chi connectivity index (χ0n) is 12.8. The van der Waals surface area contributed by atoms with Crippen molar-refractivity contribution in [1.82, 2.24) is 0 Å². The molecule has 17 heavy (non-hydrogen) atoms. The van der Waals surface area contributed by atoms with Crippen LogP contribution < -0.4 is 0 Å². The third kappa shape index (κ3) is 4.40. The zero-order chi connectivity index (χ0) is 13.3. The number of rotatable bonds is 3. The lowest BCUT2D eigenvalue weighted by Gasteiger charge is -2.45. The Labute approximate surface area is 109 Å². The van der Waals surface area contributed by atoms with Crippen LogP contribution in [0.5, 0.6) is 0 Å². The van der Waals surface area contributed by atoms with Crippen LogP contribution in [0.25, 0.3) is 0 Å². The van der Waals surface area contributed by atoms with Crippen molar-refractivity contribution in [3.8, 4) is 0 Å². The van der Waals surface area contributed by atoms with Crippen molar-refractivity contribution in [2.24, 2.45) is 16.7 Å². The molecule has 0 aliphatic heterocycles. The fraction of sp³-hybridized carbons (Fsp3) is 1.00. The van der Waals surface area contributed by atoms with Gasteiger partial charge in [0.15, 0.2) is 0 Å². The van der Waals surface area contributed by atoms with Crippen molar-refractivity contribution >= 4 is 8.07 Å². The van der Waals surface area contributed by atoms with E-state index in [-0.39, 0.29) is 5.41 Å². The summed E-state index contributed by atoms with van der Waals surface area (Å²) in [5, 5.41) is 9.82. The minimum atomic E-state index is -1.07. The first-order valence-electron chi connectivity index (χ1n) is 7.19. The lowest BCUT2D eigenvalue weighted by Crippen LogP contribution is -2.40. The van der Waals surface area contributed by atoms with Gasteiger partial charge in [-0.05, 0) is 48.5 Å². The van der Waals surface area contributed by atoms with Crippen molar-refractivity contribution in [3.63, 3.8) is 0 Å². The molecule has 0 aromatic heterocycles. The van der Waals surface area contributed by atoms with Crippen LogP contribution in [0, 0.1) is 16.7 Å². The van der Waals surface area contributed by atoms with Crippen LogP contribution in [-0.4, -0.2) is 19.8 Å². The molecule has 1 N–H and O–H groups in total. The van der Waals surface area contributed by atoms with Gasteiger partial charge < -0.3 is 5.11 Å². The Hall–Kier alpha value is 0.177. The van der Waals surface area contributed by atoms with Gasteiger partial charge in [-0.15, -0.1) is 0 Å². The normalized spacial score (nSPS) is 31.6.